The molecule has 0 atom stereocenters. The van der Waals surface area contributed by atoms with Gasteiger partial charge in [0.1, 0.15) is 0 Å². The van der Waals surface area contributed by atoms with Crippen molar-refractivity contribution in [2.24, 2.45) is 0 Å². The summed E-state index contributed by atoms with van der Waals surface area (Å²) in [7, 11) is 0. The lowest BCUT2D eigenvalue weighted by atomic mass is 10.2. The summed E-state index contributed by atoms with van der Waals surface area (Å²) in [5.41, 5.74) is 2.29. The van der Waals surface area contributed by atoms with Gasteiger partial charge in [0.2, 0.25) is 10.9 Å². The van der Waals surface area contributed by atoms with E-state index in [9.17, 15) is 9.59 Å². The second-order valence-electron chi connectivity index (χ2n) is 6.40. The molecule has 0 fully saturated rings. The molecule has 5 aromatic rings. The Morgan fingerprint density at radius 3 is 2.57 bits per heavy atom. The minimum atomic E-state index is -0.214. The molecule has 28 heavy (non-hydrogen) atoms. The van der Waals surface area contributed by atoms with Crippen LogP contribution in [0.15, 0.2) is 65.6 Å². The largest absolute Gasteiger partial charge is 0.291 e. The monoisotopic (exact) mass is 386 g/mol. The summed E-state index contributed by atoms with van der Waals surface area (Å²) in [5, 5.41) is 5.28. The van der Waals surface area contributed by atoms with Gasteiger partial charge in [-0.25, -0.2) is 0 Å². The molecule has 0 N–H and O–H groups in total. The lowest BCUT2D eigenvalue weighted by Gasteiger charge is -1.96. The van der Waals surface area contributed by atoms with Gasteiger partial charge in [-0.2, -0.15) is 9.50 Å². The van der Waals surface area contributed by atoms with Crippen LogP contribution in [0.4, 0.5) is 0 Å². The Labute approximate surface area is 163 Å². The number of para-hydroxylation sites is 1. The number of thiazole rings is 1. The van der Waals surface area contributed by atoms with E-state index in [1.165, 1.54) is 22.8 Å². The molecule has 0 amide bonds. The maximum absolute atomic E-state index is 12.8. The van der Waals surface area contributed by atoms with Gasteiger partial charge < -0.3 is 0 Å². The van der Waals surface area contributed by atoms with E-state index in [1.807, 2.05) is 54.6 Å². The lowest BCUT2D eigenvalue weighted by molar-refractivity contribution is 0.0941. The number of benzene rings is 2. The Kier molecular flexibility index (Phi) is 3.70. The van der Waals surface area contributed by atoms with Crippen molar-refractivity contribution < 1.29 is 4.79 Å². The molecule has 136 valence electrons. The first-order valence-corrected chi connectivity index (χ1v) is 9.51. The normalized spacial score (nSPS) is 12.2. The number of hydrogen-bond acceptors (Lipinski definition) is 5. The predicted octanol–water partition coefficient (Wildman–Crippen LogP) is 2.98. The van der Waals surface area contributed by atoms with E-state index < -0.39 is 0 Å². The number of rotatable bonds is 2. The van der Waals surface area contributed by atoms with Crippen molar-refractivity contribution >= 4 is 39.2 Å². The van der Waals surface area contributed by atoms with Crippen molar-refractivity contribution in [2.45, 2.75) is 6.92 Å². The Hall–Kier alpha value is -3.58. The van der Waals surface area contributed by atoms with Crippen molar-refractivity contribution in [1.82, 2.24) is 19.2 Å². The fourth-order valence-corrected chi connectivity index (χ4v) is 4.16. The molecule has 5 rings (SSSR count). The number of carbonyl (C=O) groups is 1. The van der Waals surface area contributed by atoms with E-state index in [1.54, 1.807) is 16.8 Å². The third-order valence-electron chi connectivity index (χ3n) is 4.58. The van der Waals surface area contributed by atoms with Gasteiger partial charge in [-0.15, -0.1) is 5.10 Å². The van der Waals surface area contributed by atoms with Crippen LogP contribution in [0.5, 0.6) is 0 Å². The molecule has 0 spiro atoms. The molecular formula is C21H14N4O2S. The van der Waals surface area contributed by atoms with Crippen LogP contribution >= 0.6 is 11.3 Å². The standard InChI is InChI=1S/C21H14N4O2S/c1-13(26)24-12-15(16-9-5-6-10-17(16)24)11-18-20(27)25-21(28-18)22-19(23-25)14-7-3-2-4-8-14/h2-12H,1H3/b18-11-. The van der Waals surface area contributed by atoms with E-state index >= 15 is 0 Å². The Balaban J connectivity index is 1.68. The smallest absolute Gasteiger partial charge is 0.287 e. The molecule has 7 heteroatoms. The van der Waals surface area contributed by atoms with Gasteiger partial charge in [0.15, 0.2) is 5.82 Å². The zero-order valence-electron chi connectivity index (χ0n) is 14.9. The topological polar surface area (TPSA) is 69.3 Å². The van der Waals surface area contributed by atoms with Crippen molar-refractivity contribution in [1.29, 1.82) is 0 Å². The highest BCUT2D eigenvalue weighted by Crippen LogP contribution is 2.22. The van der Waals surface area contributed by atoms with Gasteiger partial charge in [0, 0.05) is 29.6 Å². The number of hydrogen-bond donors (Lipinski definition) is 0. The first-order chi connectivity index (χ1) is 13.6. The van der Waals surface area contributed by atoms with Crippen LogP contribution in [-0.4, -0.2) is 25.1 Å². The van der Waals surface area contributed by atoms with Crippen molar-refractivity contribution in [3.8, 4) is 11.4 Å². The minimum Gasteiger partial charge on any atom is -0.287 e. The molecule has 2 aromatic carbocycles. The Bertz CT molecular complexity index is 1460. The average molecular weight is 386 g/mol. The first kappa shape index (κ1) is 16.6. The summed E-state index contributed by atoms with van der Waals surface area (Å²) in [5.74, 6) is 0.456. The molecular weight excluding hydrogens is 372 g/mol. The van der Waals surface area contributed by atoms with Crippen molar-refractivity contribution in [2.75, 3.05) is 0 Å². The van der Waals surface area contributed by atoms with Crippen LogP contribution < -0.4 is 10.1 Å². The van der Waals surface area contributed by atoms with Gasteiger partial charge in [-0.1, -0.05) is 59.9 Å². The summed E-state index contributed by atoms with van der Waals surface area (Å²) in [4.78, 5) is 29.8. The molecule has 0 radical (unpaired) electrons. The number of fused-ring (bicyclic) bond motifs is 2. The zero-order valence-corrected chi connectivity index (χ0v) is 15.7. The van der Waals surface area contributed by atoms with Gasteiger partial charge in [-0.05, 0) is 12.1 Å². The molecule has 0 unspecified atom stereocenters. The second kappa shape index (κ2) is 6.24. The van der Waals surface area contributed by atoms with Gasteiger partial charge in [0.25, 0.3) is 5.56 Å². The highest BCUT2D eigenvalue weighted by Gasteiger charge is 2.13. The molecule has 3 heterocycles. The minimum absolute atomic E-state index is 0.0756. The van der Waals surface area contributed by atoms with Crippen LogP contribution in [0.3, 0.4) is 0 Å². The number of nitrogens with zero attached hydrogens (tertiary/aromatic N) is 4. The molecule has 3 aromatic heterocycles. The van der Waals surface area contributed by atoms with Crippen LogP contribution in [0.2, 0.25) is 0 Å². The maximum Gasteiger partial charge on any atom is 0.291 e. The molecule has 0 saturated heterocycles. The van der Waals surface area contributed by atoms with Crippen molar-refractivity contribution in [3.05, 3.63) is 81.2 Å². The number of aromatic nitrogens is 4. The third kappa shape index (κ3) is 2.56. The van der Waals surface area contributed by atoms with Crippen LogP contribution in [0.1, 0.15) is 17.3 Å². The second-order valence-corrected chi connectivity index (χ2v) is 7.41. The predicted molar refractivity (Wildman–Crippen MR) is 110 cm³/mol. The van der Waals surface area contributed by atoms with Gasteiger partial charge in [0.05, 0.1) is 10.0 Å². The summed E-state index contributed by atoms with van der Waals surface area (Å²) >= 11 is 1.29. The third-order valence-corrected chi connectivity index (χ3v) is 5.54. The molecule has 0 aliphatic carbocycles. The van der Waals surface area contributed by atoms with E-state index in [0.717, 1.165) is 22.0 Å². The van der Waals surface area contributed by atoms with E-state index in [2.05, 4.69) is 10.1 Å². The fourth-order valence-electron chi connectivity index (χ4n) is 3.27. The van der Waals surface area contributed by atoms with E-state index in [4.69, 9.17) is 0 Å². The summed E-state index contributed by atoms with van der Waals surface area (Å²) in [6.07, 6.45) is 3.56. The van der Waals surface area contributed by atoms with Gasteiger partial charge >= 0.3 is 0 Å². The quantitative estimate of drug-likeness (QED) is 0.468. The Morgan fingerprint density at radius 2 is 1.82 bits per heavy atom. The fraction of sp³-hybridized carbons (Fsp3) is 0.0476. The lowest BCUT2D eigenvalue weighted by Crippen LogP contribution is -2.23. The zero-order chi connectivity index (χ0) is 19.3. The summed E-state index contributed by atoms with van der Waals surface area (Å²) < 4.78 is 3.46. The van der Waals surface area contributed by atoms with Crippen LogP contribution in [0, 0.1) is 0 Å². The first-order valence-electron chi connectivity index (χ1n) is 8.69. The molecule has 0 bridgehead atoms. The molecule has 0 aliphatic heterocycles. The molecule has 0 saturated carbocycles. The number of carbonyl (C=O) groups excluding carboxylic acids is 1. The molecule has 0 aliphatic rings. The van der Waals surface area contributed by atoms with E-state index in [0.29, 0.717) is 15.3 Å². The van der Waals surface area contributed by atoms with E-state index in [-0.39, 0.29) is 11.5 Å². The maximum atomic E-state index is 12.8. The average Bonchev–Trinajstić information content (AvgIpc) is 3.37. The van der Waals surface area contributed by atoms with Crippen LogP contribution in [0.25, 0.3) is 33.3 Å². The summed E-state index contributed by atoms with van der Waals surface area (Å²) in [6, 6.07) is 17.2. The highest BCUT2D eigenvalue weighted by molar-refractivity contribution is 7.15. The highest BCUT2D eigenvalue weighted by atomic mass is 32.1. The summed E-state index contributed by atoms with van der Waals surface area (Å²) in [6.45, 7) is 1.52. The Morgan fingerprint density at radius 1 is 1.07 bits per heavy atom. The molecule has 6 nitrogen and oxygen atoms in total. The van der Waals surface area contributed by atoms with Crippen molar-refractivity contribution in [3.63, 3.8) is 0 Å². The SMILES string of the molecule is CC(=O)n1cc(/C=c2\sc3nc(-c4ccccc4)nn3c2=O)c2ccccc21. The van der Waals surface area contributed by atoms with Gasteiger partial charge in [-0.3, -0.25) is 14.2 Å². The van der Waals surface area contributed by atoms with Crippen LogP contribution in [-0.2, 0) is 0 Å².